The lowest BCUT2D eigenvalue weighted by Crippen LogP contribution is -2.27. The Morgan fingerprint density at radius 2 is 2.11 bits per heavy atom. The molecule has 0 radical (unpaired) electrons. The molecule has 4 nitrogen and oxygen atoms in total. The van der Waals surface area contributed by atoms with Crippen molar-refractivity contribution in [3.63, 3.8) is 0 Å². The second-order valence-electron chi connectivity index (χ2n) is 5.32. The van der Waals surface area contributed by atoms with Crippen LogP contribution >= 0.6 is 0 Å². The Hall–Kier alpha value is -1.16. The van der Waals surface area contributed by atoms with Crippen LogP contribution in [0.4, 0.5) is 5.95 Å². The highest BCUT2D eigenvalue weighted by atomic mass is 16.3. The Bertz CT molecular complexity index is 416. The molecule has 1 aromatic heterocycles. The molecule has 1 saturated heterocycles. The molecule has 100 valence electrons. The summed E-state index contributed by atoms with van der Waals surface area (Å²) < 4.78 is 0. The summed E-state index contributed by atoms with van der Waals surface area (Å²) in [6.07, 6.45) is 5.40. The Morgan fingerprint density at radius 3 is 2.61 bits per heavy atom. The van der Waals surface area contributed by atoms with E-state index in [0.717, 1.165) is 30.3 Å². The average molecular weight is 249 g/mol. The summed E-state index contributed by atoms with van der Waals surface area (Å²) >= 11 is 0. The fourth-order valence-corrected chi connectivity index (χ4v) is 2.72. The molecule has 1 aliphatic rings. The van der Waals surface area contributed by atoms with Gasteiger partial charge in [0.1, 0.15) is 0 Å². The lowest BCUT2D eigenvalue weighted by Gasteiger charge is -2.26. The first-order chi connectivity index (χ1) is 8.64. The van der Waals surface area contributed by atoms with E-state index in [1.165, 1.54) is 19.3 Å². The van der Waals surface area contributed by atoms with E-state index in [1.807, 2.05) is 6.92 Å². The first-order valence-electron chi connectivity index (χ1n) is 6.82. The van der Waals surface area contributed by atoms with Gasteiger partial charge in [0.05, 0.1) is 6.61 Å². The Kier molecular flexibility index (Phi) is 3.85. The van der Waals surface area contributed by atoms with Crippen LogP contribution in [-0.4, -0.2) is 28.2 Å². The van der Waals surface area contributed by atoms with E-state index in [2.05, 4.69) is 28.7 Å². The van der Waals surface area contributed by atoms with E-state index < -0.39 is 0 Å². The minimum absolute atomic E-state index is 0.0139. The Morgan fingerprint density at radius 1 is 1.39 bits per heavy atom. The molecule has 0 amide bonds. The maximum absolute atomic E-state index is 9.14. The fourth-order valence-electron chi connectivity index (χ4n) is 2.72. The summed E-state index contributed by atoms with van der Waals surface area (Å²) in [6, 6.07) is 0. The van der Waals surface area contributed by atoms with Crippen molar-refractivity contribution in [1.82, 2.24) is 9.97 Å². The van der Waals surface area contributed by atoms with E-state index in [4.69, 9.17) is 5.11 Å². The number of anilines is 1. The molecule has 4 heteroatoms. The van der Waals surface area contributed by atoms with Gasteiger partial charge in [0, 0.05) is 30.5 Å². The SMILES string of the molecule is CCC1(CC)CCN(c2ncc(CO)c(C)n2)C1. The van der Waals surface area contributed by atoms with Gasteiger partial charge in [0.2, 0.25) is 5.95 Å². The molecule has 0 saturated carbocycles. The number of nitrogens with zero attached hydrogens (tertiary/aromatic N) is 3. The monoisotopic (exact) mass is 249 g/mol. The summed E-state index contributed by atoms with van der Waals surface area (Å²) in [7, 11) is 0. The molecule has 1 N–H and O–H groups in total. The van der Waals surface area contributed by atoms with Crippen LogP contribution in [-0.2, 0) is 6.61 Å². The zero-order chi connectivity index (χ0) is 13.2. The van der Waals surface area contributed by atoms with Crippen LogP contribution in [0.2, 0.25) is 0 Å². The van der Waals surface area contributed by atoms with Gasteiger partial charge < -0.3 is 10.0 Å². The maximum Gasteiger partial charge on any atom is 0.225 e. The number of aryl methyl sites for hydroxylation is 1. The third-order valence-corrected chi connectivity index (χ3v) is 4.46. The molecule has 18 heavy (non-hydrogen) atoms. The van der Waals surface area contributed by atoms with E-state index >= 15 is 0 Å². The Labute approximate surface area is 109 Å². The van der Waals surface area contributed by atoms with Crippen molar-refractivity contribution in [2.75, 3.05) is 18.0 Å². The van der Waals surface area contributed by atoms with Gasteiger partial charge in [-0.3, -0.25) is 0 Å². The Balaban J connectivity index is 2.17. The van der Waals surface area contributed by atoms with Crippen LogP contribution in [0.5, 0.6) is 0 Å². The third-order valence-electron chi connectivity index (χ3n) is 4.46. The minimum Gasteiger partial charge on any atom is -0.392 e. The van der Waals surface area contributed by atoms with Crippen molar-refractivity contribution in [3.05, 3.63) is 17.5 Å². The van der Waals surface area contributed by atoms with Gasteiger partial charge in [-0.15, -0.1) is 0 Å². The first kappa shape index (κ1) is 13.3. The van der Waals surface area contributed by atoms with E-state index in [1.54, 1.807) is 6.20 Å². The largest absolute Gasteiger partial charge is 0.392 e. The van der Waals surface area contributed by atoms with Gasteiger partial charge in [-0.2, -0.15) is 0 Å². The first-order valence-corrected chi connectivity index (χ1v) is 6.82. The highest BCUT2D eigenvalue weighted by molar-refractivity contribution is 5.35. The molecule has 0 aromatic carbocycles. The molecule has 0 bridgehead atoms. The fraction of sp³-hybridized carbons (Fsp3) is 0.714. The number of aliphatic hydroxyl groups excluding tert-OH is 1. The number of hydrogen-bond donors (Lipinski definition) is 1. The molecule has 0 spiro atoms. The normalized spacial score (nSPS) is 18.3. The van der Waals surface area contributed by atoms with Gasteiger partial charge in [-0.25, -0.2) is 9.97 Å². The molecule has 1 fully saturated rings. The molecule has 1 aliphatic heterocycles. The lowest BCUT2D eigenvalue weighted by atomic mass is 9.82. The van der Waals surface area contributed by atoms with Crippen molar-refractivity contribution in [2.24, 2.45) is 5.41 Å². The number of aromatic nitrogens is 2. The predicted octanol–water partition coefficient (Wildman–Crippen LogP) is 2.29. The van der Waals surface area contributed by atoms with Crippen LogP contribution in [0.3, 0.4) is 0 Å². The third kappa shape index (κ3) is 2.34. The summed E-state index contributed by atoms with van der Waals surface area (Å²) in [5.41, 5.74) is 2.13. The van der Waals surface area contributed by atoms with Crippen molar-refractivity contribution in [1.29, 1.82) is 0 Å². The van der Waals surface area contributed by atoms with Crippen LogP contribution in [0.15, 0.2) is 6.20 Å². The summed E-state index contributed by atoms with van der Waals surface area (Å²) in [4.78, 5) is 11.2. The van der Waals surface area contributed by atoms with Crippen LogP contribution < -0.4 is 4.90 Å². The molecule has 0 unspecified atom stereocenters. The number of aliphatic hydroxyl groups is 1. The zero-order valence-electron chi connectivity index (χ0n) is 11.6. The number of hydrogen-bond acceptors (Lipinski definition) is 4. The topological polar surface area (TPSA) is 49.2 Å². The van der Waals surface area contributed by atoms with Gasteiger partial charge in [-0.1, -0.05) is 13.8 Å². The molecular formula is C14H23N3O. The number of rotatable bonds is 4. The van der Waals surface area contributed by atoms with Crippen LogP contribution in [0, 0.1) is 12.3 Å². The second kappa shape index (κ2) is 5.22. The molecule has 0 atom stereocenters. The van der Waals surface area contributed by atoms with Crippen molar-refractivity contribution < 1.29 is 5.11 Å². The maximum atomic E-state index is 9.14. The second-order valence-corrected chi connectivity index (χ2v) is 5.32. The minimum atomic E-state index is 0.0139. The molecular weight excluding hydrogens is 226 g/mol. The van der Waals surface area contributed by atoms with Crippen LogP contribution in [0.1, 0.15) is 44.4 Å². The van der Waals surface area contributed by atoms with E-state index in [9.17, 15) is 0 Å². The summed E-state index contributed by atoms with van der Waals surface area (Å²) in [5.74, 6) is 0.813. The lowest BCUT2D eigenvalue weighted by molar-refractivity contribution is 0.280. The summed E-state index contributed by atoms with van der Waals surface area (Å²) in [5, 5.41) is 9.14. The van der Waals surface area contributed by atoms with Gasteiger partial charge in [-0.05, 0) is 31.6 Å². The predicted molar refractivity (Wildman–Crippen MR) is 72.5 cm³/mol. The molecule has 1 aromatic rings. The average Bonchev–Trinajstić information content (AvgIpc) is 2.84. The van der Waals surface area contributed by atoms with Crippen LogP contribution in [0.25, 0.3) is 0 Å². The quantitative estimate of drug-likeness (QED) is 0.889. The van der Waals surface area contributed by atoms with Crippen molar-refractivity contribution in [3.8, 4) is 0 Å². The van der Waals surface area contributed by atoms with Gasteiger partial charge in [0.15, 0.2) is 0 Å². The van der Waals surface area contributed by atoms with Gasteiger partial charge >= 0.3 is 0 Å². The highest BCUT2D eigenvalue weighted by Gasteiger charge is 2.35. The van der Waals surface area contributed by atoms with Gasteiger partial charge in [0.25, 0.3) is 0 Å². The highest BCUT2D eigenvalue weighted by Crippen LogP contribution is 2.38. The molecule has 2 heterocycles. The van der Waals surface area contributed by atoms with Crippen molar-refractivity contribution >= 4 is 5.95 Å². The molecule has 0 aliphatic carbocycles. The smallest absolute Gasteiger partial charge is 0.225 e. The van der Waals surface area contributed by atoms with E-state index in [0.29, 0.717) is 5.41 Å². The summed E-state index contributed by atoms with van der Waals surface area (Å²) in [6.45, 7) is 8.58. The zero-order valence-corrected chi connectivity index (χ0v) is 11.6. The molecule has 2 rings (SSSR count). The van der Waals surface area contributed by atoms with E-state index in [-0.39, 0.29) is 6.61 Å². The standard InChI is InChI=1S/C14H23N3O/c1-4-14(5-2)6-7-17(10-14)13-15-8-12(9-18)11(3)16-13/h8,18H,4-7,9-10H2,1-3H3. The van der Waals surface area contributed by atoms with Crippen molar-refractivity contribution in [2.45, 2.75) is 46.6 Å².